The molecule has 1 saturated carbocycles. The molecule has 2 nitrogen and oxygen atoms in total. The molecule has 1 unspecified atom stereocenters. The molecule has 1 aromatic carbocycles. The highest BCUT2D eigenvalue weighted by Gasteiger charge is 2.46. The number of benzene rings is 1. The third kappa shape index (κ3) is 2.81. The van der Waals surface area contributed by atoms with Crippen molar-refractivity contribution in [3.8, 4) is 0 Å². The summed E-state index contributed by atoms with van der Waals surface area (Å²) in [6, 6.07) is 6.38. The van der Waals surface area contributed by atoms with Gasteiger partial charge in [0.2, 0.25) is 0 Å². The smallest absolute Gasteiger partial charge is 0.0571 e. The van der Waals surface area contributed by atoms with Crippen molar-refractivity contribution >= 4 is 15.9 Å². The lowest BCUT2D eigenvalue weighted by Crippen LogP contribution is -2.37. The molecule has 112 valence electrons. The average molecular weight is 343 g/mol. The molecule has 0 radical (unpaired) electrons. The second kappa shape index (κ2) is 6.59. The number of hydrogen-bond acceptors (Lipinski definition) is 2. The van der Waals surface area contributed by atoms with E-state index in [0.717, 1.165) is 36.6 Å². The molecule has 3 heteroatoms. The lowest BCUT2D eigenvalue weighted by Gasteiger charge is -2.40. The Kier molecular flexibility index (Phi) is 4.02. The van der Waals surface area contributed by atoms with Gasteiger partial charge in [-0.05, 0) is 60.8 Å². The molecule has 0 aliphatic heterocycles. The van der Waals surface area contributed by atoms with Crippen molar-refractivity contribution in [2.24, 2.45) is 11.1 Å². The zero-order chi connectivity index (χ0) is 17.3. The summed E-state index contributed by atoms with van der Waals surface area (Å²) in [6.45, 7) is 4.00. The Balaban J connectivity index is 0.000000924. The van der Waals surface area contributed by atoms with Gasteiger partial charge < -0.3 is 10.5 Å². The SMILES string of the molecule is CC.[2H]C([2H])([2H])OC1CCC2(CC1)Cc1ccc(Br)cc1C2N. The predicted octanol–water partition coefficient (Wildman–Crippen LogP) is 4.61. The molecule has 1 atom stereocenters. The Morgan fingerprint density at radius 3 is 2.70 bits per heavy atom. The van der Waals surface area contributed by atoms with E-state index in [4.69, 9.17) is 14.6 Å². The van der Waals surface area contributed by atoms with Crippen molar-refractivity contribution in [1.82, 2.24) is 0 Å². The molecule has 0 heterocycles. The molecule has 1 aromatic rings. The predicted molar refractivity (Wildman–Crippen MR) is 87.8 cm³/mol. The van der Waals surface area contributed by atoms with Crippen molar-refractivity contribution in [2.75, 3.05) is 7.04 Å². The van der Waals surface area contributed by atoms with Crippen LogP contribution >= 0.6 is 15.9 Å². The van der Waals surface area contributed by atoms with Crippen LogP contribution in [0.2, 0.25) is 0 Å². The van der Waals surface area contributed by atoms with E-state index in [1.165, 1.54) is 11.1 Å². The molecule has 0 bridgehead atoms. The maximum atomic E-state index is 7.22. The molecule has 0 amide bonds. The number of nitrogens with two attached hydrogens (primary N) is 1. The topological polar surface area (TPSA) is 35.2 Å². The van der Waals surface area contributed by atoms with Crippen molar-refractivity contribution in [3.63, 3.8) is 0 Å². The lowest BCUT2D eigenvalue weighted by molar-refractivity contribution is 0.0207. The molecule has 1 spiro atoms. The molecule has 1 fully saturated rings. The van der Waals surface area contributed by atoms with Crippen LogP contribution in [0.3, 0.4) is 0 Å². The number of ether oxygens (including phenoxy) is 1. The zero-order valence-corrected chi connectivity index (χ0v) is 13.9. The zero-order valence-electron chi connectivity index (χ0n) is 15.3. The van der Waals surface area contributed by atoms with Crippen LogP contribution in [-0.4, -0.2) is 13.1 Å². The van der Waals surface area contributed by atoms with Crippen LogP contribution in [-0.2, 0) is 11.2 Å². The molecule has 2 N–H and O–H groups in total. The number of rotatable bonds is 1. The highest BCUT2D eigenvalue weighted by atomic mass is 79.9. The van der Waals surface area contributed by atoms with Gasteiger partial charge in [-0.3, -0.25) is 0 Å². The van der Waals surface area contributed by atoms with Gasteiger partial charge in [0, 0.05) is 17.6 Å². The average Bonchev–Trinajstić information content (AvgIpc) is 2.76. The number of halogens is 1. The Hall–Kier alpha value is -0.380. The molecule has 20 heavy (non-hydrogen) atoms. The highest BCUT2D eigenvalue weighted by Crippen LogP contribution is 2.53. The first kappa shape index (κ1) is 12.2. The number of fused-ring (bicyclic) bond motifs is 1. The first-order chi connectivity index (χ1) is 10.8. The minimum Gasteiger partial charge on any atom is -0.381 e. The van der Waals surface area contributed by atoms with Crippen LogP contribution < -0.4 is 5.73 Å². The van der Waals surface area contributed by atoms with Crippen LogP contribution in [0.15, 0.2) is 22.7 Å². The fraction of sp³-hybridized carbons (Fsp3) is 0.647. The summed E-state index contributed by atoms with van der Waals surface area (Å²) in [5, 5.41) is 0. The molecule has 0 saturated heterocycles. The molecule has 3 rings (SSSR count). The standard InChI is InChI=1S/C15H20BrNO.C2H6/c1-18-12-4-6-15(7-5-12)9-10-2-3-11(16)8-13(10)14(15)17;1-2/h2-3,8,12,14H,4-7,9,17H2,1H3;1-2H3/i1D3;. The van der Waals surface area contributed by atoms with Crippen LogP contribution in [0.25, 0.3) is 0 Å². The lowest BCUT2D eigenvalue weighted by atomic mass is 9.69. The summed E-state index contributed by atoms with van der Waals surface area (Å²) in [5.74, 6) is 0. The summed E-state index contributed by atoms with van der Waals surface area (Å²) in [6.07, 6.45) is 4.26. The summed E-state index contributed by atoms with van der Waals surface area (Å²) in [5.41, 5.74) is 9.18. The van der Waals surface area contributed by atoms with Crippen molar-refractivity contribution < 1.29 is 8.85 Å². The van der Waals surface area contributed by atoms with Gasteiger partial charge in [-0.15, -0.1) is 0 Å². The maximum Gasteiger partial charge on any atom is 0.0571 e. The van der Waals surface area contributed by atoms with Crippen LogP contribution in [0.5, 0.6) is 0 Å². The second-order valence-electron chi connectivity index (χ2n) is 5.68. The number of methoxy groups -OCH3 is 1. The molecule has 2 aliphatic carbocycles. The van der Waals surface area contributed by atoms with E-state index in [1.54, 1.807) is 0 Å². The Bertz CT molecular complexity index is 539. The van der Waals surface area contributed by atoms with Gasteiger partial charge in [0.25, 0.3) is 0 Å². The van der Waals surface area contributed by atoms with Gasteiger partial charge in [-0.25, -0.2) is 0 Å². The van der Waals surface area contributed by atoms with Crippen LogP contribution in [0.1, 0.15) is 60.8 Å². The molecular weight excluding hydrogens is 314 g/mol. The van der Waals surface area contributed by atoms with Gasteiger partial charge in [0.15, 0.2) is 0 Å². The summed E-state index contributed by atoms with van der Waals surface area (Å²) in [7, 11) is -2.29. The summed E-state index contributed by atoms with van der Waals surface area (Å²) >= 11 is 3.51. The van der Waals surface area contributed by atoms with Crippen LogP contribution in [0.4, 0.5) is 0 Å². The highest BCUT2D eigenvalue weighted by molar-refractivity contribution is 9.10. The van der Waals surface area contributed by atoms with E-state index in [0.29, 0.717) is 0 Å². The molecule has 0 aromatic heterocycles. The third-order valence-corrected chi connectivity index (χ3v) is 5.23. The minimum atomic E-state index is -2.29. The van der Waals surface area contributed by atoms with Gasteiger partial charge in [0.1, 0.15) is 0 Å². The quantitative estimate of drug-likeness (QED) is 0.808. The fourth-order valence-electron chi connectivity index (χ4n) is 3.61. The van der Waals surface area contributed by atoms with E-state index in [9.17, 15) is 0 Å². The summed E-state index contributed by atoms with van der Waals surface area (Å²) < 4.78 is 27.9. The maximum absolute atomic E-state index is 7.22. The van der Waals surface area contributed by atoms with Crippen molar-refractivity contribution in [1.29, 1.82) is 0 Å². The van der Waals surface area contributed by atoms with Crippen molar-refractivity contribution in [2.45, 2.75) is 58.1 Å². The van der Waals surface area contributed by atoms with Gasteiger partial charge in [-0.1, -0.05) is 35.8 Å². The third-order valence-electron chi connectivity index (χ3n) is 4.74. The van der Waals surface area contributed by atoms with Crippen LogP contribution in [0, 0.1) is 5.41 Å². The molecule has 2 aliphatic rings. The first-order valence-electron chi connectivity index (χ1n) is 9.01. The normalized spacial score (nSPS) is 34.5. The van der Waals surface area contributed by atoms with Gasteiger partial charge >= 0.3 is 0 Å². The van der Waals surface area contributed by atoms with Gasteiger partial charge in [-0.2, -0.15) is 0 Å². The van der Waals surface area contributed by atoms with Crippen molar-refractivity contribution in [3.05, 3.63) is 33.8 Å². The Morgan fingerprint density at radius 2 is 2.05 bits per heavy atom. The summed E-state index contributed by atoms with van der Waals surface area (Å²) in [4.78, 5) is 0. The Morgan fingerprint density at radius 1 is 1.35 bits per heavy atom. The van der Waals surface area contributed by atoms with E-state index < -0.39 is 7.04 Å². The largest absolute Gasteiger partial charge is 0.381 e. The van der Waals surface area contributed by atoms with Gasteiger partial charge in [0.05, 0.1) is 10.2 Å². The molecular formula is C17H26BrNO. The van der Waals surface area contributed by atoms with E-state index in [2.05, 4.69) is 34.1 Å². The first-order valence-corrected chi connectivity index (χ1v) is 8.30. The number of hydrogen-bond donors (Lipinski definition) is 1. The van der Waals surface area contributed by atoms with E-state index >= 15 is 0 Å². The van der Waals surface area contributed by atoms with E-state index in [-0.39, 0.29) is 17.6 Å². The Labute approximate surface area is 135 Å². The fourth-order valence-corrected chi connectivity index (χ4v) is 3.99. The van der Waals surface area contributed by atoms with E-state index in [1.807, 2.05) is 13.8 Å². The minimum absolute atomic E-state index is 0.0405. The monoisotopic (exact) mass is 342 g/mol. The second-order valence-corrected chi connectivity index (χ2v) is 6.59.